The molecule has 2 N–H and O–H groups in total. The molecule has 0 aromatic heterocycles. The van der Waals surface area contributed by atoms with Crippen LogP contribution in [0.5, 0.6) is 17.2 Å². The van der Waals surface area contributed by atoms with Gasteiger partial charge in [0, 0.05) is 11.6 Å². The quantitative estimate of drug-likeness (QED) is 0.541. The van der Waals surface area contributed by atoms with Crippen LogP contribution < -0.4 is 19.5 Å². The molecule has 0 saturated carbocycles. The fourth-order valence-electron chi connectivity index (χ4n) is 2.87. The van der Waals surface area contributed by atoms with Crippen molar-refractivity contribution < 1.29 is 22.7 Å². The van der Waals surface area contributed by atoms with Gasteiger partial charge in [0.1, 0.15) is 16.4 Å². The number of ether oxygens (including phenoxy) is 2. The molecule has 3 rings (SSSR count). The van der Waals surface area contributed by atoms with Crippen molar-refractivity contribution in [2.75, 3.05) is 12.4 Å². The average molecular weight is 441 g/mol. The van der Waals surface area contributed by atoms with Gasteiger partial charge in [-0.15, -0.1) is 0 Å². The lowest BCUT2D eigenvalue weighted by atomic mass is 10.2. The summed E-state index contributed by atoms with van der Waals surface area (Å²) in [7, 11) is -2.48. The van der Waals surface area contributed by atoms with Gasteiger partial charge < -0.3 is 14.8 Å². The van der Waals surface area contributed by atoms with E-state index in [1.165, 1.54) is 25.3 Å². The van der Waals surface area contributed by atoms with Crippen molar-refractivity contribution >= 4 is 21.6 Å². The number of nitrogens with one attached hydrogen (secondary N) is 2. The van der Waals surface area contributed by atoms with E-state index in [0.717, 1.165) is 0 Å². The molecule has 0 radical (unpaired) electrons. The van der Waals surface area contributed by atoms with Crippen LogP contribution in [0.3, 0.4) is 0 Å². The monoisotopic (exact) mass is 440 g/mol. The first-order chi connectivity index (χ1) is 14.8. The summed E-state index contributed by atoms with van der Waals surface area (Å²) in [6.07, 6.45) is 0. The van der Waals surface area contributed by atoms with Gasteiger partial charge in [0.15, 0.2) is 5.75 Å². The number of hydrogen-bond acceptors (Lipinski definition) is 5. The normalized spacial score (nSPS) is 11.2. The highest BCUT2D eigenvalue weighted by Crippen LogP contribution is 2.30. The lowest BCUT2D eigenvalue weighted by Crippen LogP contribution is -2.30. The van der Waals surface area contributed by atoms with Gasteiger partial charge in [-0.05, 0) is 56.3 Å². The van der Waals surface area contributed by atoms with Gasteiger partial charge in [0.25, 0.3) is 5.91 Å². The average Bonchev–Trinajstić information content (AvgIpc) is 2.74. The number of carbonyl (C=O) groups excluding carboxylic acids is 1. The Bertz CT molecular complexity index is 1160. The zero-order valence-corrected chi connectivity index (χ0v) is 18.3. The second-order valence-corrected chi connectivity index (χ2v) is 8.69. The molecule has 0 aliphatic rings. The summed E-state index contributed by atoms with van der Waals surface area (Å²) in [5.41, 5.74) is 0.622. The first kappa shape index (κ1) is 22.3. The van der Waals surface area contributed by atoms with E-state index in [4.69, 9.17) is 9.47 Å². The molecule has 0 atom stereocenters. The number of rotatable bonds is 8. The minimum Gasteiger partial charge on any atom is -0.495 e. The number of amides is 1. The van der Waals surface area contributed by atoms with Crippen molar-refractivity contribution in [3.05, 3.63) is 78.4 Å². The van der Waals surface area contributed by atoms with E-state index in [2.05, 4.69) is 10.0 Å². The van der Waals surface area contributed by atoms with Crippen molar-refractivity contribution in [1.29, 1.82) is 0 Å². The predicted octanol–water partition coefficient (Wildman–Crippen LogP) is 4.43. The number of benzene rings is 3. The molecular weight excluding hydrogens is 416 g/mol. The molecule has 0 aliphatic heterocycles. The Morgan fingerprint density at radius 2 is 1.58 bits per heavy atom. The van der Waals surface area contributed by atoms with E-state index in [9.17, 15) is 13.2 Å². The van der Waals surface area contributed by atoms with Crippen LogP contribution in [0.4, 0.5) is 5.69 Å². The molecule has 162 valence electrons. The number of carbonyl (C=O) groups is 1. The molecule has 0 fully saturated rings. The van der Waals surface area contributed by atoms with Crippen molar-refractivity contribution in [3.63, 3.8) is 0 Å². The van der Waals surface area contributed by atoms with Crippen LogP contribution in [0.1, 0.15) is 24.2 Å². The number of hydrogen-bond donors (Lipinski definition) is 2. The van der Waals surface area contributed by atoms with Crippen LogP contribution in [-0.4, -0.2) is 27.5 Å². The molecule has 0 aliphatic carbocycles. The van der Waals surface area contributed by atoms with E-state index in [0.29, 0.717) is 17.2 Å². The summed E-state index contributed by atoms with van der Waals surface area (Å²) in [4.78, 5) is 12.8. The number of methoxy groups -OCH3 is 1. The van der Waals surface area contributed by atoms with Gasteiger partial charge in [-0.25, -0.2) is 13.1 Å². The number of para-hydroxylation sites is 3. The molecule has 7 nitrogen and oxygen atoms in total. The standard InChI is InChI=1S/C23H24N2O5S/c1-16(2)25-31(27,28)22-15-17(13-14-21(22)29-3)23(26)24-19-11-7-8-12-20(19)30-18-9-5-4-6-10-18/h4-16,25H,1-3H3,(H,24,26). The SMILES string of the molecule is COc1ccc(C(=O)Nc2ccccc2Oc2ccccc2)cc1S(=O)(=O)NC(C)C. The van der Waals surface area contributed by atoms with Crippen LogP contribution >= 0.6 is 0 Å². The maximum atomic E-state index is 12.9. The Morgan fingerprint density at radius 1 is 0.903 bits per heavy atom. The van der Waals surface area contributed by atoms with Crippen LogP contribution in [0.15, 0.2) is 77.7 Å². The Kier molecular flexibility index (Phi) is 6.94. The van der Waals surface area contributed by atoms with Gasteiger partial charge in [-0.2, -0.15) is 0 Å². The summed E-state index contributed by atoms with van der Waals surface area (Å²) in [6, 6.07) is 20.1. The highest BCUT2D eigenvalue weighted by Gasteiger charge is 2.23. The lowest BCUT2D eigenvalue weighted by molar-refractivity contribution is 0.102. The third-order valence-electron chi connectivity index (χ3n) is 4.21. The number of sulfonamides is 1. The summed E-state index contributed by atoms with van der Waals surface area (Å²) in [6.45, 7) is 3.43. The smallest absolute Gasteiger partial charge is 0.255 e. The fraction of sp³-hybridized carbons (Fsp3) is 0.174. The van der Waals surface area contributed by atoms with Gasteiger partial charge in [-0.1, -0.05) is 30.3 Å². The van der Waals surface area contributed by atoms with E-state index >= 15 is 0 Å². The molecule has 0 spiro atoms. The predicted molar refractivity (Wildman–Crippen MR) is 119 cm³/mol. The molecule has 1 amide bonds. The zero-order valence-electron chi connectivity index (χ0n) is 17.5. The molecule has 31 heavy (non-hydrogen) atoms. The zero-order chi connectivity index (χ0) is 22.4. The topological polar surface area (TPSA) is 93.7 Å². The van der Waals surface area contributed by atoms with Crippen molar-refractivity contribution in [3.8, 4) is 17.2 Å². The highest BCUT2D eigenvalue weighted by molar-refractivity contribution is 7.89. The summed E-state index contributed by atoms with van der Waals surface area (Å²) >= 11 is 0. The largest absolute Gasteiger partial charge is 0.495 e. The summed E-state index contributed by atoms with van der Waals surface area (Å²) in [5, 5.41) is 2.78. The first-order valence-corrected chi connectivity index (χ1v) is 11.1. The van der Waals surface area contributed by atoms with Crippen LogP contribution in [0.2, 0.25) is 0 Å². The molecule has 0 bridgehead atoms. The lowest BCUT2D eigenvalue weighted by Gasteiger charge is -2.15. The maximum Gasteiger partial charge on any atom is 0.255 e. The van der Waals surface area contributed by atoms with E-state index < -0.39 is 15.9 Å². The molecule has 3 aromatic rings. The Labute approximate surface area is 182 Å². The molecule has 0 unspecified atom stereocenters. The second kappa shape index (κ2) is 9.63. The summed E-state index contributed by atoms with van der Waals surface area (Å²) in [5.74, 6) is 0.761. The van der Waals surface area contributed by atoms with Gasteiger partial charge in [-0.3, -0.25) is 4.79 Å². The summed E-state index contributed by atoms with van der Waals surface area (Å²) < 4.78 is 38.9. The van der Waals surface area contributed by atoms with E-state index in [1.54, 1.807) is 50.2 Å². The van der Waals surface area contributed by atoms with E-state index in [-0.39, 0.29) is 22.3 Å². The van der Waals surface area contributed by atoms with Crippen molar-refractivity contribution in [1.82, 2.24) is 4.72 Å². The molecule has 3 aromatic carbocycles. The first-order valence-electron chi connectivity index (χ1n) is 9.64. The minimum absolute atomic E-state index is 0.106. The molecular formula is C23H24N2O5S. The molecule has 0 saturated heterocycles. The minimum atomic E-state index is -3.86. The van der Waals surface area contributed by atoms with Gasteiger partial charge in [0.05, 0.1) is 12.8 Å². The maximum absolute atomic E-state index is 12.9. The molecule has 8 heteroatoms. The van der Waals surface area contributed by atoms with E-state index in [1.807, 2.05) is 18.2 Å². The van der Waals surface area contributed by atoms with Crippen molar-refractivity contribution in [2.24, 2.45) is 0 Å². The van der Waals surface area contributed by atoms with Crippen LogP contribution in [0.25, 0.3) is 0 Å². The fourth-order valence-corrected chi connectivity index (χ4v) is 4.32. The third kappa shape index (κ3) is 5.62. The Balaban J connectivity index is 1.89. The van der Waals surface area contributed by atoms with Crippen LogP contribution in [-0.2, 0) is 10.0 Å². The van der Waals surface area contributed by atoms with Crippen molar-refractivity contribution in [2.45, 2.75) is 24.8 Å². The Hall–Kier alpha value is -3.36. The van der Waals surface area contributed by atoms with Gasteiger partial charge in [0.2, 0.25) is 10.0 Å². The molecule has 0 heterocycles. The Morgan fingerprint density at radius 3 is 2.26 bits per heavy atom. The third-order valence-corrected chi connectivity index (χ3v) is 5.89. The van der Waals surface area contributed by atoms with Gasteiger partial charge >= 0.3 is 0 Å². The number of anilines is 1. The second-order valence-electron chi connectivity index (χ2n) is 7.01. The van der Waals surface area contributed by atoms with Crippen LogP contribution in [0, 0.1) is 0 Å². The highest BCUT2D eigenvalue weighted by atomic mass is 32.2.